The van der Waals surface area contributed by atoms with E-state index in [4.69, 9.17) is 0 Å². The summed E-state index contributed by atoms with van der Waals surface area (Å²) in [6.45, 7) is 8.06. The normalized spacial score (nSPS) is 10.6. The predicted molar refractivity (Wildman–Crippen MR) is 45.5 cm³/mol. The van der Waals surface area contributed by atoms with Crippen molar-refractivity contribution in [3.05, 3.63) is 0 Å². The Hall–Kier alpha value is -0.265. The molecule has 10 heavy (non-hydrogen) atoms. The van der Waals surface area contributed by atoms with Gasteiger partial charge in [0, 0.05) is 5.92 Å². The van der Waals surface area contributed by atoms with Crippen LogP contribution in [-0.4, -0.2) is 13.1 Å². The van der Waals surface area contributed by atoms with E-state index in [1.165, 1.54) is 0 Å². The van der Waals surface area contributed by atoms with Crippen LogP contribution in [0.2, 0.25) is 12.1 Å². The van der Waals surface area contributed by atoms with Crippen LogP contribution >= 0.6 is 0 Å². The highest BCUT2D eigenvalue weighted by molar-refractivity contribution is 6.43. The summed E-state index contributed by atoms with van der Waals surface area (Å²) in [5, 5.41) is 0. The Bertz CT molecular complexity index is 108. The Kier molecular flexibility index (Phi) is 4.41. The van der Waals surface area contributed by atoms with Gasteiger partial charge in [-0.25, -0.2) is 0 Å². The maximum Gasteiger partial charge on any atom is 0.127 e. The molecule has 0 amide bonds. The third-order valence-corrected chi connectivity index (χ3v) is 1.43. The zero-order valence-corrected chi connectivity index (χ0v) is 7.35. The van der Waals surface area contributed by atoms with Crippen LogP contribution in [0, 0.1) is 5.92 Å². The van der Waals surface area contributed by atoms with Crippen molar-refractivity contribution in [2.75, 3.05) is 0 Å². The van der Waals surface area contributed by atoms with E-state index in [2.05, 4.69) is 21.1 Å². The first kappa shape index (κ1) is 9.73. The highest BCUT2D eigenvalue weighted by atomic mass is 16.1. The number of hydrogen-bond acceptors (Lipinski definition) is 1. The van der Waals surface area contributed by atoms with Gasteiger partial charge in [-0.05, 0) is 6.32 Å². The van der Waals surface area contributed by atoms with Crippen LogP contribution in [0.3, 0.4) is 0 Å². The summed E-state index contributed by atoms with van der Waals surface area (Å²) >= 11 is 0. The molecular weight excluding hydrogens is 123 g/mol. The Labute approximate surface area is 64.4 Å². The molecule has 57 valence electrons. The van der Waals surface area contributed by atoms with E-state index in [1.54, 1.807) is 0 Å². The van der Waals surface area contributed by atoms with Gasteiger partial charge < -0.3 is 4.79 Å². The van der Waals surface area contributed by atoms with E-state index in [1.807, 2.05) is 13.8 Å². The first-order valence-electron chi connectivity index (χ1n) is 3.90. The molecule has 0 spiro atoms. The Balaban J connectivity index is 3.40. The van der Waals surface area contributed by atoms with Crippen molar-refractivity contribution in [2.24, 2.45) is 5.92 Å². The van der Waals surface area contributed by atoms with Gasteiger partial charge >= 0.3 is 0 Å². The fourth-order valence-electron chi connectivity index (χ4n) is 0.588. The van der Waals surface area contributed by atoms with Gasteiger partial charge in [-0.2, -0.15) is 0 Å². The fraction of sp³-hybridized carbons (Fsp3) is 0.875. The van der Waals surface area contributed by atoms with Crippen LogP contribution in [0.5, 0.6) is 0 Å². The highest BCUT2D eigenvalue weighted by Crippen LogP contribution is 2.05. The van der Waals surface area contributed by atoms with E-state index in [9.17, 15) is 4.79 Å². The molecule has 0 aromatic carbocycles. The zero-order chi connectivity index (χ0) is 8.15. The quantitative estimate of drug-likeness (QED) is 0.545. The molecule has 0 rings (SSSR count). The minimum atomic E-state index is 0.190. The fourth-order valence-corrected chi connectivity index (χ4v) is 0.588. The van der Waals surface area contributed by atoms with Crippen molar-refractivity contribution >= 4 is 13.1 Å². The molecule has 0 aliphatic rings. The maximum atomic E-state index is 11.0. The molecule has 0 heterocycles. The van der Waals surface area contributed by atoms with Gasteiger partial charge in [-0.3, -0.25) is 0 Å². The molecule has 1 nitrogen and oxygen atoms in total. The standard InChI is InChI=1S/C8H16BO/c1-6(2)8(10)5-9-7(3)4/h6-7H,5H2,1-4H3. The van der Waals surface area contributed by atoms with E-state index < -0.39 is 0 Å². The molecule has 0 saturated heterocycles. The molecule has 1 radical (unpaired) electrons. The number of carbonyl (C=O) groups is 1. The first-order valence-corrected chi connectivity index (χ1v) is 3.90. The lowest BCUT2D eigenvalue weighted by atomic mass is 9.62. The van der Waals surface area contributed by atoms with Crippen LogP contribution < -0.4 is 0 Å². The van der Waals surface area contributed by atoms with Gasteiger partial charge in [0.15, 0.2) is 0 Å². The second-order valence-corrected chi connectivity index (χ2v) is 3.30. The SMILES string of the molecule is CC(C)[B]CC(=O)C(C)C. The highest BCUT2D eigenvalue weighted by Gasteiger charge is 2.07. The molecular formula is C8H16BO. The summed E-state index contributed by atoms with van der Waals surface area (Å²) in [5.74, 6) is 1.06. The molecule has 0 fully saturated rings. The minimum Gasteiger partial charge on any atom is -0.300 e. The van der Waals surface area contributed by atoms with Crippen LogP contribution in [0.1, 0.15) is 27.7 Å². The van der Waals surface area contributed by atoms with Gasteiger partial charge in [-0.1, -0.05) is 33.5 Å². The minimum absolute atomic E-state index is 0.190. The van der Waals surface area contributed by atoms with E-state index in [0.717, 1.165) is 0 Å². The summed E-state index contributed by atoms with van der Waals surface area (Å²) in [6, 6.07) is 0. The third kappa shape index (κ3) is 4.60. The Morgan fingerprint density at radius 1 is 1.30 bits per heavy atom. The summed E-state index contributed by atoms with van der Waals surface area (Å²) in [6.07, 6.45) is 0.634. The monoisotopic (exact) mass is 139 g/mol. The average molecular weight is 139 g/mol. The van der Waals surface area contributed by atoms with Crippen molar-refractivity contribution < 1.29 is 4.79 Å². The second kappa shape index (κ2) is 4.53. The lowest BCUT2D eigenvalue weighted by molar-refractivity contribution is -0.119. The van der Waals surface area contributed by atoms with Crippen molar-refractivity contribution in [1.29, 1.82) is 0 Å². The Morgan fingerprint density at radius 3 is 2.10 bits per heavy atom. The average Bonchev–Trinajstić information content (AvgIpc) is 1.82. The molecule has 0 aliphatic heterocycles. The molecule has 0 aromatic heterocycles. The maximum absolute atomic E-state index is 11.0. The lowest BCUT2D eigenvalue weighted by Gasteiger charge is -2.03. The van der Waals surface area contributed by atoms with Crippen LogP contribution in [-0.2, 0) is 4.79 Å². The first-order chi connectivity index (χ1) is 4.54. The number of rotatable bonds is 4. The summed E-state index contributed by atoms with van der Waals surface area (Å²) in [7, 11) is 2.06. The Morgan fingerprint density at radius 2 is 1.80 bits per heavy atom. The zero-order valence-electron chi connectivity index (χ0n) is 7.35. The third-order valence-electron chi connectivity index (χ3n) is 1.43. The van der Waals surface area contributed by atoms with E-state index in [0.29, 0.717) is 17.9 Å². The molecule has 0 atom stereocenters. The number of hydrogen-bond donors (Lipinski definition) is 0. The van der Waals surface area contributed by atoms with Crippen LogP contribution in [0.4, 0.5) is 0 Å². The smallest absolute Gasteiger partial charge is 0.127 e. The van der Waals surface area contributed by atoms with Gasteiger partial charge in [0.2, 0.25) is 0 Å². The molecule has 0 aromatic rings. The molecule has 2 heteroatoms. The van der Waals surface area contributed by atoms with Gasteiger partial charge in [0.05, 0.1) is 0 Å². The van der Waals surface area contributed by atoms with Gasteiger partial charge in [-0.15, -0.1) is 0 Å². The summed E-state index contributed by atoms with van der Waals surface area (Å²) in [4.78, 5) is 11.0. The molecule has 0 N–H and O–H groups in total. The summed E-state index contributed by atoms with van der Waals surface area (Å²) < 4.78 is 0. The molecule has 0 aliphatic carbocycles. The van der Waals surface area contributed by atoms with Crippen molar-refractivity contribution in [2.45, 2.75) is 39.8 Å². The van der Waals surface area contributed by atoms with Crippen molar-refractivity contribution in [1.82, 2.24) is 0 Å². The number of Topliss-reactive ketones (excluding diaryl/α,β-unsaturated/α-hetero) is 1. The number of carbonyl (C=O) groups excluding carboxylic acids is 1. The van der Waals surface area contributed by atoms with E-state index >= 15 is 0 Å². The van der Waals surface area contributed by atoms with Crippen LogP contribution in [0.25, 0.3) is 0 Å². The van der Waals surface area contributed by atoms with Gasteiger partial charge in [0.25, 0.3) is 0 Å². The topological polar surface area (TPSA) is 17.1 Å². The second-order valence-electron chi connectivity index (χ2n) is 3.30. The van der Waals surface area contributed by atoms with Crippen molar-refractivity contribution in [3.63, 3.8) is 0 Å². The van der Waals surface area contributed by atoms with Crippen molar-refractivity contribution in [3.8, 4) is 0 Å². The summed E-state index contributed by atoms with van der Waals surface area (Å²) in [5.41, 5.74) is 0. The largest absolute Gasteiger partial charge is 0.300 e. The van der Waals surface area contributed by atoms with Crippen LogP contribution in [0.15, 0.2) is 0 Å². The predicted octanol–water partition coefficient (Wildman–Crippen LogP) is 2.16. The number of ketones is 1. The molecule has 0 unspecified atom stereocenters. The van der Waals surface area contributed by atoms with Gasteiger partial charge in [0.1, 0.15) is 13.1 Å². The lowest BCUT2D eigenvalue weighted by Crippen LogP contribution is -2.10. The molecule has 0 bridgehead atoms. The molecule has 0 saturated carbocycles. The van der Waals surface area contributed by atoms with E-state index in [-0.39, 0.29) is 5.92 Å².